The van der Waals surface area contributed by atoms with Crippen molar-refractivity contribution in [3.63, 3.8) is 0 Å². The summed E-state index contributed by atoms with van der Waals surface area (Å²) in [6.07, 6.45) is 0. The highest BCUT2D eigenvalue weighted by Crippen LogP contribution is 2.12. The lowest BCUT2D eigenvalue weighted by molar-refractivity contribution is 0.0728. The van der Waals surface area contributed by atoms with Crippen LogP contribution in [0.5, 0.6) is 5.75 Å². The van der Waals surface area contributed by atoms with Crippen LogP contribution in [0, 0.1) is 0 Å². The highest BCUT2D eigenvalue weighted by molar-refractivity contribution is 9.10. The van der Waals surface area contributed by atoms with Crippen LogP contribution in [-0.2, 0) is 0 Å². The molecule has 1 aromatic carbocycles. The van der Waals surface area contributed by atoms with Crippen LogP contribution in [0.3, 0.4) is 0 Å². The molecular formula is C12H8BrNO2. The number of pyridine rings is 1. The highest BCUT2D eigenvalue weighted by Gasteiger charge is 2.09. The molecule has 0 aliphatic rings. The lowest BCUT2D eigenvalue weighted by Gasteiger charge is -2.03. The predicted octanol–water partition coefficient (Wildman–Crippen LogP) is 3.06. The van der Waals surface area contributed by atoms with E-state index in [0.29, 0.717) is 10.4 Å². The fraction of sp³-hybridized carbons (Fsp3) is 0. The Balaban J connectivity index is 2.15. The van der Waals surface area contributed by atoms with E-state index < -0.39 is 5.97 Å². The molecule has 0 fully saturated rings. The quantitative estimate of drug-likeness (QED) is 0.481. The fourth-order valence-corrected chi connectivity index (χ4v) is 1.51. The normalized spacial score (nSPS) is 9.81. The van der Waals surface area contributed by atoms with Gasteiger partial charge in [0.1, 0.15) is 16.0 Å². The highest BCUT2D eigenvalue weighted by atomic mass is 79.9. The van der Waals surface area contributed by atoms with Gasteiger partial charge in [-0.3, -0.25) is 0 Å². The number of halogens is 1. The first-order valence-electron chi connectivity index (χ1n) is 4.65. The third-order valence-corrected chi connectivity index (χ3v) is 2.32. The zero-order valence-electron chi connectivity index (χ0n) is 8.26. The summed E-state index contributed by atoms with van der Waals surface area (Å²) in [5.41, 5.74) is 0.276. The number of hydrogen-bond acceptors (Lipinski definition) is 3. The molecule has 0 unspecified atom stereocenters. The summed E-state index contributed by atoms with van der Waals surface area (Å²) in [4.78, 5) is 15.7. The van der Waals surface area contributed by atoms with Crippen LogP contribution in [0.4, 0.5) is 0 Å². The molecule has 0 atom stereocenters. The first-order valence-corrected chi connectivity index (χ1v) is 5.45. The van der Waals surface area contributed by atoms with E-state index in [1.165, 1.54) is 0 Å². The molecule has 2 rings (SSSR count). The molecule has 3 nitrogen and oxygen atoms in total. The van der Waals surface area contributed by atoms with Crippen molar-refractivity contribution >= 4 is 21.9 Å². The SMILES string of the molecule is O=C(Oc1ccccc1)c1cccc(Br)n1. The van der Waals surface area contributed by atoms with Crippen molar-refractivity contribution in [1.29, 1.82) is 0 Å². The van der Waals surface area contributed by atoms with Crippen LogP contribution >= 0.6 is 15.9 Å². The Bertz CT molecular complexity index is 499. The van der Waals surface area contributed by atoms with Crippen molar-refractivity contribution < 1.29 is 9.53 Å². The molecule has 0 aliphatic heterocycles. The molecule has 1 heterocycles. The van der Waals surface area contributed by atoms with Crippen LogP contribution in [0.15, 0.2) is 53.1 Å². The molecule has 0 radical (unpaired) electrons. The number of hydrogen-bond donors (Lipinski definition) is 0. The molecule has 0 saturated heterocycles. The molecule has 4 heteroatoms. The van der Waals surface area contributed by atoms with Gasteiger partial charge < -0.3 is 4.74 Å². The van der Waals surface area contributed by atoms with Crippen LogP contribution in [0.25, 0.3) is 0 Å². The molecular weight excluding hydrogens is 270 g/mol. The number of carbonyl (C=O) groups excluding carboxylic acids is 1. The zero-order valence-corrected chi connectivity index (χ0v) is 9.85. The van der Waals surface area contributed by atoms with Gasteiger partial charge in [0.15, 0.2) is 0 Å². The third kappa shape index (κ3) is 2.67. The fourth-order valence-electron chi connectivity index (χ4n) is 1.17. The van der Waals surface area contributed by atoms with Gasteiger partial charge in [0.2, 0.25) is 0 Å². The third-order valence-electron chi connectivity index (χ3n) is 1.88. The molecule has 1 aromatic heterocycles. The summed E-state index contributed by atoms with van der Waals surface area (Å²) >= 11 is 3.20. The van der Waals surface area contributed by atoms with E-state index in [2.05, 4.69) is 20.9 Å². The summed E-state index contributed by atoms with van der Waals surface area (Å²) in [7, 11) is 0. The maximum atomic E-state index is 11.7. The second-order valence-electron chi connectivity index (χ2n) is 3.05. The van der Waals surface area contributed by atoms with Crippen LogP contribution in [0.1, 0.15) is 10.5 Å². The van der Waals surface area contributed by atoms with Gasteiger partial charge in [-0.15, -0.1) is 0 Å². The van der Waals surface area contributed by atoms with E-state index in [9.17, 15) is 4.79 Å². The Labute approximate surface area is 101 Å². The van der Waals surface area contributed by atoms with Crippen molar-refractivity contribution in [1.82, 2.24) is 4.98 Å². The Hall–Kier alpha value is -1.68. The number of aromatic nitrogens is 1. The van der Waals surface area contributed by atoms with Crippen molar-refractivity contribution in [2.24, 2.45) is 0 Å². The Kier molecular flexibility index (Phi) is 3.31. The van der Waals surface area contributed by atoms with Gasteiger partial charge in [-0.05, 0) is 40.2 Å². The molecule has 0 bridgehead atoms. The smallest absolute Gasteiger partial charge is 0.362 e. The standard InChI is InChI=1S/C12H8BrNO2/c13-11-8-4-7-10(14-11)12(15)16-9-5-2-1-3-6-9/h1-8H. The molecule has 0 saturated carbocycles. The molecule has 0 N–H and O–H groups in total. The van der Waals surface area contributed by atoms with E-state index >= 15 is 0 Å². The van der Waals surface area contributed by atoms with Crippen molar-refractivity contribution in [3.8, 4) is 5.75 Å². The van der Waals surface area contributed by atoms with Gasteiger partial charge >= 0.3 is 5.97 Å². The lowest BCUT2D eigenvalue weighted by Crippen LogP contribution is -2.10. The van der Waals surface area contributed by atoms with Gasteiger partial charge in [-0.25, -0.2) is 9.78 Å². The molecule has 2 aromatic rings. The summed E-state index contributed by atoms with van der Waals surface area (Å²) < 4.78 is 5.74. The number of benzene rings is 1. The predicted molar refractivity (Wildman–Crippen MR) is 63.3 cm³/mol. The van der Waals surface area contributed by atoms with Crippen LogP contribution in [0.2, 0.25) is 0 Å². The summed E-state index contributed by atoms with van der Waals surface area (Å²) in [6, 6.07) is 14.0. The minimum absolute atomic E-state index is 0.276. The van der Waals surface area contributed by atoms with E-state index in [1.54, 1.807) is 42.5 Å². The Morgan fingerprint density at radius 3 is 2.50 bits per heavy atom. The van der Waals surface area contributed by atoms with E-state index in [0.717, 1.165) is 0 Å². The van der Waals surface area contributed by atoms with E-state index in [1.807, 2.05) is 6.07 Å². The number of ether oxygens (including phenoxy) is 1. The average molecular weight is 278 g/mol. The van der Waals surface area contributed by atoms with Crippen molar-refractivity contribution in [2.75, 3.05) is 0 Å². The number of esters is 1. The van der Waals surface area contributed by atoms with Crippen LogP contribution < -0.4 is 4.74 Å². The Morgan fingerprint density at radius 2 is 1.81 bits per heavy atom. The summed E-state index contributed by atoms with van der Waals surface area (Å²) in [5.74, 6) is 0.0433. The first kappa shape index (κ1) is 10.8. The minimum atomic E-state index is -0.465. The largest absolute Gasteiger partial charge is 0.422 e. The van der Waals surface area contributed by atoms with E-state index in [-0.39, 0.29) is 5.69 Å². The van der Waals surface area contributed by atoms with Gasteiger partial charge in [-0.2, -0.15) is 0 Å². The minimum Gasteiger partial charge on any atom is -0.422 e. The molecule has 0 spiro atoms. The average Bonchev–Trinajstić information content (AvgIpc) is 2.30. The van der Waals surface area contributed by atoms with Gasteiger partial charge in [0.05, 0.1) is 0 Å². The number of para-hydroxylation sites is 1. The number of carbonyl (C=O) groups is 1. The maximum Gasteiger partial charge on any atom is 0.362 e. The topological polar surface area (TPSA) is 39.2 Å². The molecule has 0 amide bonds. The molecule has 80 valence electrons. The number of rotatable bonds is 2. The second-order valence-corrected chi connectivity index (χ2v) is 3.86. The van der Waals surface area contributed by atoms with Gasteiger partial charge in [0, 0.05) is 0 Å². The second kappa shape index (κ2) is 4.90. The van der Waals surface area contributed by atoms with Crippen molar-refractivity contribution in [2.45, 2.75) is 0 Å². The number of nitrogens with zero attached hydrogens (tertiary/aromatic N) is 1. The van der Waals surface area contributed by atoms with Gasteiger partial charge in [-0.1, -0.05) is 24.3 Å². The molecule has 16 heavy (non-hydrogen) atoms. The maximum absolute atomic E-state index is 11.7. The van der Waals surface area contributed by atoms with Crippen molar-refractivity contribution in [3.05, 3.63) is 58.8 Å². The zero-order chi connectivity index (χ0) is 11.4. The monoisotopic (exact) mass is 277 g/mol. The molecule has 0 aliphatic carbocycles. The Morgan fingerprint density at radius 1 is 1.06 bits per heavy atom. The summed E-state index contributed by atoms with van der Waals surface area (Å²) in [6.45, 7) is 0. The lowest BCUT2D eigenvalue weighted by atomic mass is 10.3. The summed E-state index contributed by atoms with van der Waals surface area (Å²) in [5, 5.41) is 0. The van der Waals surface area contributed by atoms with E-state index in [4.69, 9.17) is 4.74 Å². The first-order chi connectivity index (χ1) is 7.75. The van der Waals surface area contributed by atoms with Crippen LogP contribution in [-0.4, -0.2) is 11.0 Å². The van der Waals surface area contributed by atoms with Gasteiger partial charge in [0.25, 0.3) is 0 Å².